The molecule has 4 N–H and O–H groups in total. The standard InChI is InChI=1S/C11H19N3O2S/c1-5-14-10(15)9-7(12)8(16-6(2)3)11(13-4)17-9/h6,13H,5,12H2,1-4H3,(H,14,15). The highest BCUT2D eigenvalue weighted by Crippen LogP contribution is 2.42. The van der Waals surface area contributed by atoms with Crippen LogP contribution >= 0.6 is 11.3 Å². The zero-order valence-corrected chi connectivity index (χ0v) is 11.4. The van der Waals surface area contributed by atoms with Gasteiger partial charge in [-0.2, -0.15) is 0 Å². The van der Waals surface area contributed by atoms with Crippen molar-refractivity contribution in [3.63, 3.8) is 0 Å². The second kappa shape index (κ2) is 5.77. The van der Waals surface area contributed by atoms with Crippen LogP contribution in [0.15, 0.2) is 0 Å². The van der Waals surface area contributed by atoms with Crippen LogP contribution in [0.5, 0.6) is 5.75 Å². The first-order valence-electron chi connectivity index (χ1n) is 5.56. The van der Waals surface area contributed by atoms with E-state index >= 15 is 0 Å². The molecule has 0 saturated carbocycles. The first-order valence-corrected chi connectivity index (χ1v) is 6.37. The van der Waals surface area contributed by atoms with Gasteiger partial charge in [0, 0.05) is 13.6 Å². The lowest BCUT2D eigenvalue weighted by Gasteiger charge is -2.11. The topological polar surface area (TPSA) is 76.4 Å². The molecule has 1 heterocycles. The Kier molecular flexibility index (Phi) is 4.62. The number of anilines is 2. The van der Waals surface area contributed by atoms with Gasteiger partial charge in [0.2, 0.25) is 0 Å². The fourth-order valence-corrected chi connectivity index (χ4v) is 2.28. The number of carbonyl (C=O) groups excluding carboxylic acids is 1. The van der Waals surface area contributed by atoms with Crippen molar-refractivity contribution in [1.29, 1.82) is 0 Å². The van der Waals surface area contributed by atoms with E-state index in [1.807, 2.05) is 20.8 Å². The number of ether oxygens (including phenoxy) is 1. The first kappa shape index (κ1) is 13.6. The average Bonchev–Trinajstić information content (AvgIpc) is 2.56. The van der Waals surface area contributed by atoms with Gasteiger partial charge in [0.05, 0.1) is 6.10 Å². The first-order chi connectivity index (χ1) is 8.01. The number of nitrogens with two attached hydrogens (primary N) is 1. The van der Waals surface area contributed by atoms with Crippen molar-refractivity contribution in [3.8, 4) is 5.75 Å². The molecule has 1 aromatic rings. The van der Waals surface area contributed by atoms with E-state index in [1.165, 1.54) is 11.3 Å². The number of amides is 1. The van der Waals surface area contributed by atoms with Crippen LogP contribution in [-0.4, -0.2) is 25.6 Å². The van der Waals surface area contributed by atoms with E-state index in [-0.39, 0.29) is 12.0 Å². The van der Waals surface area contributed by atoms with Gasteiger partial charge in [-0.25, -0.2) is 0 Å². The molecule has 0 spiro atoms. The quantitative estimate of drug-likeness (QED) is 0.753. The molecule has 5 nitrogen and oxygen atoms in total. The minimum absolute atomic E-state index is 0.0149. The van der Waals surface area contributed by atoms with Crippen molar-refractivity contribution in [2.24, 2.45) is 0 Å². The summed E-state index contributed by atoms with van der Waals surface area (Å²) in [7, 11) is 1.78. The molecule has 0 aliphatic carbocycles. The average molecular weight is 257 g/mol. The third kappa shape index (κ3) is 3.03. The van der Waals surface area contributed by atoms with Crippen molar-refractivity contribution in [2.75, 3.05) is 24.6 Å². The van der Waals surface area contributed by atoms with Crippen LogP contribution in [0.25, 0.3) is 0 Å². The number of hydrogen-bond donors (Lipinski definition) is 3. The summed E-state index contributed by atoms with van der Waals surface area (Å²) in [5.74, 6) is 0.402. The molecule has 1 aromatic heterocycles. The van der Waals surface area contributed by atoms with Crippen molar-refractivity contribution < 1.29 is 9.53 Å². The summed E-state index contributed by atoms with van der Waals surface area (Å²) in [4.78, 5) is 12.3. The van der Waals surface area contributed by atoms with Crippen LogP contribution in [0.4, 0.5) is 10.7 Å². The van der Waals surface area contributed by atoms with Crippen LogP contribution < -0.4 is 21.1 Å². The number of hydrogen-bond acceptors (Lipinski definition) is 5. The summed E-state index contributed by atoms with van der Waals surface area (Å²) in [5, 5.41) is 6.50. The summed E-state index contributed by atoms with van der Waals surface area (Å²) >= 11 is 1.30. The van der Waals surface area contributed by atoms with Crippen molar-refractivity contribution in [1.82, 2.24) is 5.32 Å². The Morgan fingerprint density at radius 1 is 1.53 bits per heavy atom. The third-order valence-electron chi connectivity index (χ3n) is 2.02. The molecule has 0 bridgehead atoms. The smallest absolute Gasteiger partial charge is 0.263 e. The van der Waals surface area contributed by atoms with Gasteiger partial charge >= 0.3 is 0 Å². The molecule has 0 fully saturated rings. The normalized spacial score (nSPS) is 10.4. The molecule has 0 radical (unpaired) electrons. The van der Waals surface area contributed by atoms with Gasteiger partial charge < -0.3 is 21.1 Å². The zero-order valence-electron chi connectivity index (χ0n) is 10.6. The summed E-state index contributed by atoms with van der Waals surface area (Å²) in [6.07, 6.45) is 0.0149. The van der Waals surface area contributed by atoms with Gasteiger partial charge in [-0.3, -0.25) is 4.79 Å². The van der Waals surface area contributed by atoms with Gasteiger partial charge in [-0.1, -0.05) is 0 Å². The molecule has 0 aliphatic rings. The van der Waals surface area contributed by atoms with E-state index < -0.39 is 0 Å². The van der Waals surface area contributed by atoms with Gasteiger partial charge in [0.1, 0.15) is 15.6 Å². The molecule has 0 atom stereocenters. The van der Waals surface area contributed by atoms with Crippen molar-refractivity contribution in [2.45, 2.75) is 26.9 Å². The maximum Gasteiger partial charge on any atom is 0.263 e. The molecule has 1 rings (SSSR count). The lowest BCUT2D eigenvalue weighted by Crippen LogP contribution is -2.22. The Bertz CT molecular complexity index is 402. The molecule has 0 saturated heterocycles. The Balaban J connectivity index is 3.09. The Morgan fingerprint density at radius 3 is 2.65 bits per heavy atom. The zero-order chi connectivity index (χ0) is 13.0. The summed E-state index contributed by atoms with van der Waals surface area (Å²) < 4.78 is 5.62. The van der Waals surface area contributed by atoms with Gasteiger partial charge in [0.25, 0.3) is 5.91 Å². The second-order valence-electron chi connectivity index (χ2n) is 3.78. The minimum atomic E-state index is -0.162. The molecule has 96 valence electrons. The number of nitrogen functional groups attached to an aromatic ring is 1. The predicted molar refractivity (Wildman–Crippen MR) is 72.0 cm³/mol. The summed E-state index contributed by atoms with van der Waals surface area (Å²) in [6.45, 7) is 6.28. The van der Waals surface area contributed by atoms with Crippen LogP contribution in [0.1, 0.15) is 30.4 Å². The highest BCUT2D eigenvalue weighted by atomic mass is 32.1. The fraction of sp³-hybridized carbons (Fsp3) is 0.545. The largest absolute Gasteiger partial charge is 0.486 e. The van der Waals surface area contributed by atoms with Gasteiger partial charge in [-0.05, 0) is 20.8 Å². The molecular formula is C11H19N3O2S. The Labute approximate surface area is 105 Å². The van der Waals surface area contributed by atoms with Crippen LogP contribution in [0.2, 0.25) is 0 Å². The van der Waals surface area contributed by atoms with E-state index in [9.17, 15) is 4.79 Å². The summed E-state index contributed by atoms with van der Waals surface area (Å²) in [5.41, 5.74) is 6.35. The van der Waals surface area contributed by atoms with Crippen molar-refractivity contribution in [3.05, 3.63) is 4.88 Å². The molecule has 0 unspecified atom stereocenters. The summed E-state index contributed by atoms with van der Waals surface area (Å²) in [6, 6.07) is 0. The molecule has 0 aromatic carbocycles. The van der Waals surface area contributed by atoms with E-state index in [2.05, 4.69) is 10.6 Å². The number of carbonyl (C=O) groups is 1. The van der Waals surface area contributed by atoms with Crippen LogP contribution in [-0.2, 0) is 0 Å². The van der Waals surface area contributed by atoms with E-state index in [4.69, 9.17) is 10.5 Å². The number of nitrogens with one attached hydrogen (secondary N) is 2. The van der Waals surface area contributed by atoms with Crippen LogP contribution in [0, 0.1) is 0 Å². The number of thiophene rings is 1. The molecular weight excluding hydrogens is 238 g/mol. The predicted octanol–water partition coefficient (Wildman–Crippen LogP) is 1.91. The van der Waals surface area contributed by atoms with Gasteiger partial charge in [-0.15, -0.1) is 11.3 Å². The van der Waals surface area contributed by atoms with E-state index in [0.29, 0.717) is 22.9 Å². The third-order valence-corrected chi connectivity index (χ3v) is 3.23. The molecule has 1 amide bonds. The van der Waals surface area contributed by atoms with E-state index in [1.54, 1.807) is 7.05 Å². The molecule has 6 heteroatoms. The SMILES string of the molecule is CCNC(=O)c1sc(NC)c(OC(C)C)c1N. The highest BCUT2D eigenvalue weighted by molar-refractivity contribution is 7.19. The maximum atomic E-state index is 11.8. The molecule has 17 heavy (non-hydrogen) atoms. The lowest BCUT2D eigenvalue weighted by atomic mass is 10.3. The maximum absolute atomic E-state index is 11.8. The highest BCUT2D eigenvalue weighted by Gasteiger charge is 2.21. The monoisotopic (exact) mass is 257 g/mol. The second-order valence-corrected chi connectivity index (χ2v) is 4.80. The lowest BCUT2D eigenvalue weighted by molar-refractivity contribution is 0.0960. The fourth-order valence-electron chi connectivity index (χ4n) is 1.36. The van der Waals surface area contributed by atoms with Crippen LogP contribution in [0.3, 0.4) is 0 Å². The molecule has 0 aliphatic heterocycles. The Hall–Kier alpha value is -1.43. The Morgan fingerprint density at radius 2 is 2.18 bits per heavy atom. The van der Waals surface area contributed by atoms with E-state index in [0.717, 1.165) is 5.00 Å². The van der Waals surface area contributed by atoms with Crippen molar-refractivity contribution >= 4 is 27.9 Å². The minimum Gasteiger partial charge on any atom is -0.486 e. The van der Waals surface area contributed by atoms with Gasteiger partial charge in [0.15, 0.2) is 5.75 Å². The number of rotatable bonds is 5.